The summed E-state index contributed by atoms with van der Waals surface area (Å²) in [5.74, 6) is 0.577. The summed E-state index contributed by atoms with van der Waals surface area (Å²) in [6.07, 6.45) is 5.39. The minimum Gasteiger partial charge on any atom is -0.393 e. The Balaban J connectivity index is 2.08. The minimum atomic E-state index is -0.0619. The zero-order chi connectivity index (χ0) is 7.68. The largest absolute Gasteiger partial charge is 0.393 e. The van der Waals surface area contributed by atoms with E-state index in [-0.39, 0.29) is 6.10 Å². The maximum atomic E-state index is 9.06. The Morgan fingerprint density at radius 3 is 2.45 bits per heavy atom. The van der Waals surface area contributed by atoms with Gasteiger partial charge in [0.05, 0.1) is 6.10 Å². The summed E-state index contributed by atoms with van der Waals surface area (Å²) in [6, 6.07) is 4.05. The number of hydrogen-bond donors (Lipinski definition) is 1. The summed E-state index contributed by atoms with van der Waals surface area (Å²) in [6.45, 7) is 0. The van der Waals surface area contributed by atoms with Gasteiger partial charge >= 0.3 is 0 Å². The Labute approximate surface area is 65.9 Å². The van der Waals surface area contributed by atoms with E-state index in [1.165, 1.54) is 5.56 Å². The third-order valence-corrected chi connectivity index (χ3v) is 2.29. The summed E-state index contributed by atoms with van der Waals surface area (Å²) in [5.41, 5.74) is 1.31. The molecule has 1 heterocycles. The predicted molar refractivity (Wildman–Crippen MR) is 42.2 cm³/mol. The lowest BCUT2D eigenvalue weighted by Gasteiger charge is -2.31. The van der Waals surface area contributed by atoms with Crippen LogP contribution in [0.2, 0.25) is 0 Å². The predicted octanol–water partition coefficient (Wildman–Crippen LogP) is 1.32. The monoisotopic (exact) mass is 149 g/mol. The van der Waals surface area contributed by atoms with Gasteiger partial charge in [0.1, 0.15) is 0 Å². The Morgan fingerprint density at radius 2 is 1.91 bits per heavy atom. The van der Waals surface area contributed by atoms with E-state index in [1.807, 2.05) is 12.1 Å². The molecular weight excluding hydrogens is 138 g/mol. The second kappa shape index (κ2) is 2.62. The van der Waals surface area contributed by atoms with E-state index < -0.39 is 0 Å². The highest BCUT2D eigenvalue weighted by Crippen LogP contribution is 2.36. The molecule has 11 heavy (non-hydrogen) atoms. The lowest BCUT2D eigenvalue weighted by atomic mass is 9.78. The molecule has 0 spiro atoms. The molecule has 0 aromatic carbocycles. The number of aliphatic hydroxyl groups excluding tert-OH is 1. The number of pyridine rings is 1. The summed E-state index contributed by atoms with van der Waals surface area (Å²) in [7, 11) is 0. The van der Waals surface area contributed by atoms with Crippen molar-refractivity contribution in [3.8, 4) is 0 Å². The van der Waals surface area contributed by atoms with E-state index >= 15 is 0 Å². The molecule has 1 N–H and O–H groups in total. The first-order valence-electron chi connectivity index (χ1n) is 3.94. The highest BCUT2D eigenvalue weighted by Gasteiger charge is 2.27. The Bertz CT molecular complexity index is 229. The van der Waals surface area contributed by atoms with Crippen LogP contribution in [-0.2, 0) is 0 Å². The van der Waals surface area contributed by atoms with E-state index in [9.17, 15) is 0 Å². The standard InChI is InChI=1S/C9H11NO/c11-9-5-8(6-9)7-1-3-10-4-2-7/h1-4,8-9,11H,5-6H2. The van der Waals surface area contributed by atoms with Crippen molar-refractivity contribution in [2.45, 2.75) is 24.9 Å². The van der Waals surface area contributed by atoms with Crippen LogP contribution in [0.1, 0.15) is 24.3 Å². The van der Waals surface area contributed by atoms with E-state index in [2.05, 4.69) is 4.98 Å². The van der Waals surface area contributed by atoms with Crippen molar-refractivity contribution in [3.63, 3.8) is 0 Å². The van der Waals surface area contributed by atoms with Gasteiger partial charge in [-0.2, -0.15) is 0 Å². The van der Waals surface area contributed by atoms with Crippen molar-refractivity contribution in [2.24, 2.45) is 0 Å². The molecule has 2 nitrogen and oxygen atoms in total. The Morgan fingerprint density at radius 1 is 1.27 bits per heavy atom. The van der Waals surface area contributed by atoms with E-state index in [1.54, 1.807) is 12.4 Å². The molecule has 0 amide bonds. The van der Waals surface area contributed by atoms with Gasteiger partial charge in [0.25, 0.3) is 0 Å². The number of aromatic nitrogens is 1. The van der Waals surface area contributed by atoms with Crippen LogP contribution in [0.5, 0.6) is 0 Å². The van der Waals surface area contributed by atoms with Gasteiger partial charge in [-0.05, 0) is 36.5 Å². The molecule has 1 aliphatic carbocycles. The van der Waals surface area contributed by atoms with Gasteiger partial charge in [-0.3, -0.25) is 4.98 Å². The van der Waals surface area contributed by atoms with Crippen molar-refractivity contribution in [3.05, 3.63) is 30.1 Å². The second-order valence-electron chi connectivity index (χ2n) is 3.10. The van der Waals surface area contributed by atoms with E-state index in [4.69, 9.17) is 5.11 Å². The number of nitrogens with zero attached hydrogens (tertiary/aromatic N) is 1. The lowest BCUT2D eigenvalue weighted by molar-refractivity contribution is 0.0746. The van der Waals surface area contributed by atoms with Crippen molar-refractivity contribution in [1.29, 1.82) is 0 Å². The molecule has 0 bridgehead atoms. The van der Waals surface area contributed by atoms with Gasteiger partial charge in [-0.25, -0.2) is 0 Å². The maximum Gasteiger partial charge on any atom is 0.0552 e. The van der Waals surface area contributed by atoms with Crippen molar-refractivity contribution >= 4 is 0 Å². The fourth-order valence-corrected chi connectivity index (χ4v) is 1.50. The van der Waals surface area contributed by atoms with Gasteiger partial charge in [0.15, 0.2) is 0 Å². The van der Waals surface area contributed by atoms with Crippen LogP contribution in [0.15, 0.2) is 24.5 Å². The first-order chi connectivity index (χ1) is 5.36. The van der Waals surface area contributed by atoms with Gasteiger partial charge in [-0.15, -0.1) is 0 Å². The van der Waals surface area contributed by atoms with Crippen LogP contribution in [-0.4, -0.2) is 16.2 Å². The molecule has 1 aromatic heterocycles. The van der Waals surface area contributed by atoms with Crippen molar-refractivity contribution in [1.82, 2.24) is 4.98 Å². The number of rotatable bonds is 1. The molecule has 0 unspecified atom stereocenters. The average Bonchev–Trinajstić information content (AvgIpc) is 2.01. The quantitative estimate of drug-likeness (QED) is 0.653. The molecule has 2 heteroatoms. The van der Waals surface area contributed by atoms with Crippen molar-refractivity contribution in [2.75, 3.05) is 0 Å². The first-order valence-corrected chi connectivity index (χ1v) is 3.94. The first kappa shape index (κ1) is 6.80. The normalized spacial score (nSPS) is 29.5. The van der Waals surface area contributed by atoms with Crippen LogP contribution in [0.3, 0.4) is 0 Å². The summed E-state index contributed by atoms with van der Waals surface area (Å²) in [5, 5.41) is 9.06. The molecule has 1 fully saturated rings. The molecule has 0 aliphatic heterocycles. The van der Waals surface area contributed by atoms with Gasteiger partial charge < -0.3 is 5.11 Å². The summed E-state index contributed by atoms with van der Waals surface area (Å²) < 4.78 is 0. The topological polar surface area (TPSA) is 33.1 Å². The Kier molecular flexibility index (Phi) is 1.62. The summed E-state index contributed by atoms with van der Waals surface area (Å²) in [4.78, 5) is 3.94. The average molecular weight is 149 g/mol. The molecule has 1 aliphatic rings. The van der Waals surface area contributed by atoms with Gasteiger partial charge in [0, 0.05) is 12.4 Å². The van der Waals surface area contributed by atoms with Gasteiger partial charge in [-0.1, -0.05) is 0 Å². The Hall–Kier alpha value is -0.890. The highest BCUT2D eigenvalue weighted by molar-refractivity contribution is 5.18. The lowest BCUT2D eigenvalue weighted by Crippen LogP contribution is -2.26. The van der Waals surface area contributed by atoms with Crippen LogP contribution in [0.4, 0.5) is 0 Å². The third kappa shape index (κ3) is 1.26. The van der Waals surface area contributed by atoms with E-state index in [0.29, 0.717) is 5.92 Å². The fourth-order valence-electron chi connectivity index (χ4n) is 1.50. The second-order valence-corrected chi connectivity index (χ2v) is 3.10. The summed E-state index contributed by atoms with van der Waals surface area (Å²) >= 11 is 0. The molecule has 1 saturated carbocycles. The molecule has 0 atom stereocenters. The smallest absolute Gasteiger partial charge is 0.0552 e. The van der Waals surface area contributed by atoms with Crippen LogP contribution in [0, 0.1) is 0 Å². The van der Waals surface area contributed by atoms with Crippen LogP contribution >= 0.6 is 0 Å². The minimum absolute atomic E-state index is 0.0619. The SMILES string of the molecule is OC1CC(c2ccncc2)C1. The van der Waals surface area contributed by atoms with Gasteiger partial charge in [0.2, 0.25) is 0 Å². The molecule has 0 radical (unpaired) electrons. The van der Waals surface area contributed by atoms with E-state index in [0.717, 1.165) is 12.8 Å². The molecule has 1 aromatic rings. The molecule has 58 valence electrons. The fraction of sp³-hybridized carbons (Fsp3) is 0.444. The highest BCUT2D eigenvalue weighted by atomic mass is 16.3. The molecule has 2 rings (SSSR count). The van der Waals surface area contributed by atoms with Crippen LogP contribution in [0.25, 0.3) is 0 Å². The number of hydrogen-bond acceptors (Lipinski definition) is 2. The third-order valence-electron chi connectivity index (χ3n) is 2.29. The molecule has 0 saturated heterocycles. The maximum absolute atomic E-state index is 9.06. The number of aliphatic hydroxyl groups is 1. The zero-order valence-electron chi connectivity index (χ0n) is 6.27. The van der Waals surface area contributed by atoms with Crippen molar-refractivity contribution < 1.29 is 5.11 Å². The molecular formula is C9H11NO. The zero-order valence-corrected chi connectivity index (χ0v) is 6.27. The van der Waals surface area contributed by atoms with Crippen LogP contribution < -0.4 is 0 Å².